The van der Waals surface area contributed by atoms with Crippen molar-refractivity contribution in [2.45, 2.75) is 12.7 Å². The van der Waals surface area contributed by atoms with E-state index < -0.39 is 11.9 Å². The van der Waals surface area contributed by atoms with Gasteiger partial charge in [0.05, 0.1) is 0 Å². The zero-order chi connectivity index (χ0) is 15.5. The standard InChI is InChI=1S/C14H15F3N4/c1-21(2)11-5-3-10(4-6-11)9-19-13-18-8-7-12(20-13)14(15,16)17/h3-8H,9H2,1-2H3,(H,18,19,20). The summed E-state index contributed by atoms with van der Waals surface area (Å²) in [5.74, 6) is -0.0403. The van der Waals surface area contributed by atoms with Gasteiger partial charge in [-0.25, -0.2) is 9.97 Å². The minimum absolute atomic E-state index is 0.0403. The lowest BCUT2D eigenvalue weighted by molar-refractivity contribution is -0.141. The van der Waals surface area contributed by atoms with Gasteiger partial charge in [-0.1, -0.05) is 12.1 Å². The summed E-state index contributed by atoms with van der Waals surface area (Å²) in [6.07, 6.45) is -3.37. The number of aromatic nitrogens is 2. The van der Waals surface area contributed by atoms with E-state index in [0.717, 1.165) is 23.5 Å². The molecule has 0 fully saturated rings. The van der Waals surface area contributed by atoms with Gasteiger partial charge in [0.15, 0.2) is 0 Å². The second-order valence-corrected chi connectivity index (χ2v) is 4.68. The fourth-order valence-electron chi connectivity index (χ4n) is 1.69. The number of benzene rings is 1. The molecule has 21 heavy (non-hydrogen) atoms. The molecule has 1 N–H and O–H groups in total. The molecule has 1 aromatic carbocycles. The molecule has 112 valence electrons. The zero-order valence-corrected chi connectivity index (χ0v) is 11.6. The topological polar surface area (TPSA) is 41.0 Å². The van der Waals surface area contributed by atoms with Crippen LogP contribution < -0.4 is 10.2 Å². The van der Waals surface area contributed by atoms with Gasteiger partial charge >= 0.3 is 6.18 Å². The number of halogens is 3. The predicted octanol–water partition coefficient (Wildman–Crippen LogP) is 3.17. The van der Waals surface area contributed by atoms with Crippen molar-refractivity contribution in [3.05, 3.63) is 47.8 Å². The van der Waals surface area contributed by atoms with E-state index in [9.17, 15) is 13.2 Å². The number of nitrogens with zero attached hydrogens (tertiary/aromatic N) is 3. The van der Waals surface area contributed by atoms with E-state index in [0.29, 0.717) is 6.54 Å². The minimum Gasteiger partial charge on any atom is -0.378 e. The molecule has 4 nitrogen and oxygen atoms in total. The van der Waals surface area contributed by atoms with E-state index in [4.69, 9.17) is 0 Å². The van der Waals surface area contributed by atoms with Crippen LogP contribution in [0.5, 0.6) is 0 Å². The van der Waals surface area contributed by atoms with Gasteiger partial charge in [-0.05, 0) is 23.8 Å². The Labute approximate surface area is 120 Å². The van der Waals surface area contributed by atoms with Gasteiger partial charge in [0, 0.05) is 32.5 Å². The lowest BCUT2D eigenvalue weighted by Gasteiger charge is -2.13. The average Bonchev–Trinajstić information content (AvgIpc) is 2.45. The number of hydrogen-bond donors (Lipinski definition) is 1. The first-order valence-corrected chi connectivity index (χ1v) is 6.26. The Morgan fingerprint density at radius 2 is 1.76 bits per heavy atom. The van der Waals surface area contributed by atoms with Crippen LogP contribution in [0, 0.1) is 0 Å². The molecule has 0 saturated heterocycles. The quantitative estimate of drug-likeness (QED) is 0.941. The lowest BCUT2D eigenvalue weighted by Crippen LogP contribution is -2.11. The maximum Gasteiger partial charge on any atom is 0.433 e. The van der Waals surface area contributed by atoms with E-state index in [1.54, 1.807) is 0 Å². The van der Waals surface area contributed by atoms with Crippen LogP contribution in [0.15, 0.2) is 36.5 Å². The third-order valence-electron chi connectivity index (χ3n) is 2.85. The summed E-state index contributed by atoms with van der Waals surface area (Å²) in [6, 6.07) is 8.51. The highest BCUT2D eigenvalue weighted by Gasteiger charge is 2.32. The van der Waals surface area contributed by atoms with Crippen LogP contribution >= 0.6 is 0 Å². The van der Waals surface area contributed by atoms with Crippen LogP contribution in [-0.2, 0) is 12.7 Å². The molecular formula is C14H15F3N4. The van der Waals surface area contributed by atoms with E-state index in [1.807, 2.05) is 43.3 Å². The highest BCUT2D eigenvalue weighted by molar-refractivity contribution is 5.46. The maximum absolute atomic E-state index is 12.5. The van der Waals surface area contributed by atoms with Crippen molar-refractivity contribution in [1.29, 1.82) is 0 Å². The Bertz CT molecular complexity index is 594. The van der Waals surface area contributed by atoms with Crippen LogP contribution in [0.3, 0.4) is 0 Å². The first-order valence-electron chi connectivity index (χ1n) is 6.26. The van der Waals surface area contributed by atoms with Crippen LogP contribution in [0.25, 0.3) is 0 Å². The SMILES string of the molecule is CN(C)c1ccc(CNc2nccc(C(F)(F)F)n2)cc1. The van der Waals surface area contributed by atoms with Crippen molar-refractivity contribution < 1.29 is 13.2 Å². The Hall–Kier alpha value is -2.31. The van der Waals surface area contributed by atoms with Crippen molar-refractivity contribution in [3.8, 4) is 0 Å². The van der Waals surface area contributed by atoms with Crippen LogP contribution in [-0.4, -0.2) is 24.1 Å². The van der Waals surface area contributed by atoms with Crippen molar-refractivity contribution in [3.63, 3.8) is 0 Å². The van der Waals surface area contributed by atoms with Crippen LogP contribution in [0.1, 0.15) is 11.3 Å². The normalized spacial score (nSPS) is 11.3. The Kier molecular flexibility index (Phi) is 4.30. The molecule has 0 aliphatic carbocycles. The Morgan fingerprint density at radius 1 is 1.10 bits per heavy atom. The van der Waals surface area contributed by atoms with Crippen LogP contribution in [0.4, 0.5) is 24.8 Å². The molecule has 2 aromatic rings. The molecule has 1 heterocycles. The van der Waals surface area contributed by atoms with Gasteiger partial charge in [0.2, 0.25) is 5.95 Å². The van der Waals surface area contributed by atoms with Gasteiger partial charge in [0.25, 0.3) is 0 Å². The summed E-state index contributed by atoms with van der Waals surface area (Å²) >= 11 is 0. The second kappa shape index (κ2) is 5.99. The summed E-state index contributed by atoms with van der Waals surface area (Å²) < 4.78 is 37.6. The molecule has 0 atom stereocenters. The fraction of sp³-hybridized carbons (Fsp3) is 0.286. The fourth-order valence-corrected chi connectivity index (χ4v) is 1.69. The minimum atomic E-state index is -4.47. The molecule has 0 saturated carbocycles. The molecular weight excluding hydrogens is 281 g/mol. The van der Waals surface area contributed by atoms with Crippen molar-refractivity contribution >= 4 is 11.6 Å². The summed E-state index contributed by atoms with van der Waals surface area (Å²) in [7, 11) is 3.87. The molecule has 0 spiro atoms. The summed E-state index contributed by atoms with van der Waals surface area (Å²) in [5.41, 5.74) is 1.03. The van der Waals surface area contributed by atoms with E-state index >= 15 is 0 Å². The lowest BCUT2D eigenvalue weighted by atomic mass is 10.2. The third-order valence-corrected chi connectivity index (χ3v) is 2.85. The maximum atomic E-state index is 12.5. The highest BCUT2D eigenvalue weighted by Crippen LogP contribution is 2.27. The van der Waals surface area contributed by atoms with Crippen LogP contribution in [0.2, 0.25) is 0 Å². The van der Waals surface area contributed by atoms with E-state index in [2.05, 4.69) is 15.3 Å². The number of rotatable bonds is 4. The van der Waals surface area contributed by atoms with Crippen molar-refractivity contribution in [2.75, 3.05) is 24.3 Å². The molecule has 0 bridgehead atoms. The smallest absolute Gasteiger partial charge is 0.378 e. The second-order valence-electron chi connectivity index (χ2n) is 4.68. The van der Waals surface area contributed by atoms with Gasteiger partial charge in [-0.2, -0.15) is 13.2 Å². The van der Waals surface area contributed by atoms with Crippen molar-refractivity contribution in [2.24, 2.45) is 0 Å². The van der Waals surface area contributed by atoms with Gasteiger partial charge in [0.1, 0.15) is 5.69 Å². The Morgan fingerprint density at radius 3 is 2.33 bits per heavy atom. The average molecular weight is 296 g/mol. The van der Waals surface area contributed by atoms with E-state index in [-0.39, 0.29) is 5.95 Å². The largest absolute Gasteiger partial charge is 0.433 e. The van der Waals surface area contributed by atoms with Crippen molar-refractivity contribution in [1.82, 2.24) is 9.97 Å². The summed E-state index contributed by atoms with van der Waals surface area (Å²) in [4.78, 5) is 9.20. The molecule has 2 rings (SSSR count). The van der Waals surface area contributed by atoms with Gasteiger partial charge < -0.3 is 10.2 Å². The van der Waals surface area contributed by atoms with Gasteiger partial charge in [-0.15, -0.1) is 0 Å². The number of hydrogen-bond acceptors (Lipinski definition) is 4. The first kappa shape index (κ1) is 15.1. The first-order chi connectivity index (χ1) is 9.86. The number of alkyl halides is 3. The Balaban J connectivity index is 2.03. The number of nitrogens with one attached hydrogen (secondary N) is 1. The molecule has 0 amide bonds. The molecule has 1 aromatic heterocycles. The monoisotopic (exact) mass is 296 g/mol. The summed E-state index contributed by atoms with van der Waals surface area (Å²) in [6.45, 7) is 0.356. The number of anilines is 2. The zero-order valence-electron chi connectivity index (χ0n) is 11.6. The molecule has 0 aliphatic heterocycles. The third kappa shape index (κ3) is 4.08. The molecule has 7 heteroatoms. The molecule has 0 aliphatic rings. The van der Waals surface area contributed by atoms with E-state index in [1.165, 1.54) is 0 Å². The molecule has 0 radical (unpaired) electrons. The predicted molar refractivity (Wildman–Crippen MR) is 75.1 cm³/mol. The molecule has 0 unspecified atom stereocenters. The van der Waals surface area contributed by atoms with Gasteiger partial charge in [-0.3, -0.25) is 0 Å². The highest BCUT2D eigenvalue weighted by atomic mass is 19.4. The summed E-state index contributed by atoms with van der Waals surface area (Å²) in [5, 5.41) is 2.79.